The second-order valence-corrected chi connectivity index (χ2v) is 12.1. The number of nitrogens with one attached hydrogen (secondary N) is 4. The first kappa shape index (κ1) is 29.8. The Morgan fingerprint density at radius 2 is 1.69 bits per heavy atom. The average Bonchev–Trinajstić information content (AvgIpc) is 2.81. The van der Waals surface area contributed by atoms with E-state index in [4.69, 9.17) is 4.74 Å². The largest absolute Gasteiger partial charge is 0.456 e. The number of amides is 4. The number of hydrogen-bond donors (Lipinski definition) is 4. The van der Waals surface area contributed by atoms with Crippen molar-refractivity contribution in [3.63, 3.8) is 0 Å². The second kappa shape index (κ2) is 14.3. The van der Waals surface area contributed by atoms with Crippen LogP contribution < -0.4 is 21.3 Å². The Balaban J connectivity index is 2.55. The van der Waals surface area contributed by atoms with E-state index in [1.165, 1.54) is 6.08 Å². The van der Waals surface area contributed by atoms with E-state index in [1.54, 1.807) is 51.5 Å². The Hall–Kier alpha value is -2.47. The molecule has 10 nitrogen and oxygen atoms in total. The molecular formula is C24H37N4O6S2+. The van der Waals surface area contributed by atoms with Crippen LogP contribution in [0.25, 0.3) is 0 Å². The van der Waals surface area contributed by atoms with Gasteiger partial charge in [0.2, 0.25) is 11.8 Å². The number of hydrogen-bond acceptors (Lipinski definition) is 7. The van der Waals surface area contributed by atoms with Gasteiger partial charge in [0.15, 0.2) is 6.04 Å². The van der Waals surface area contributed by atoms with E-state index < -0.39 is 53.8 Å². The van der Waals surface area contributed by atoms with Gasteiger partial charge in [0, 0.05) is 16.5 Å². The van der Waals surface area contributed by atoms with Crippen molar-refractivity contribution < 1.29 is 28.7 Å². The van der Waals surface area contributed by atoms with Gasteiger partial charge in [-0.3, -0.25) is 19.2 Å². The van der Waals surface area contributed by atoms with Gasteiger partial charge in [-0.2, -0.15) is 0 Å². The summed E-state index contributed by atoms with van der Waals surface area (Å²) >= 11 is 0. The molecule has 4 amide bonds. The van der Waals surface area contributed by atoms with E-state index in [1.807, 2.05) is 6.08 Å². The Morgan fingerprint density at radius 3 is 2.33 bits per heavy atom. The highest BCUT2D eigenvalue weighted by Crippen LogP contribution is 2.14. The summed E-state index contributed by atoms with van der Waals surface area (Å²) in [6.07, 6.45) is 4.55. The number of fused-ring (bicyclic) bond motifs is 7. The smallest absolute Gasteiger partial charge is 0.329 e. The van der Waals surface area contributed by atoms with E-state index in [9.17, 15) is 24.0 Å². The van der Waals surface area contributed by atoms with Crippen molar-refractivity contribution in [2.75, 3.05) is 11.5 Å². The van der Waals surface area contributed by atoms with E-state index in [0.29, 0.717) is 12.2 Å². The van der Waals surface area contributed by atoms with Crippen molar-refractivity contribution >= 4 is 51.2 Å². The minimum atomic E-state index is -1.00. The van der Waals surface area contributed by atoms with Crippen LogP contribution in [0.4, 0.5) is 0 Å². The van der Waals surface area contributed by atoms with Crippen LogP contribution >= 0.6 is 10.8 Å². The Bertz CT molecular complexity index is 905. The maximum atomic E-state index is 13.2. The van der Waals surface area contributed by atoms with Gasteiger partial charge in [-0.05, 0) is 31.3 Å². The molecule has 1 saturated heterocycles. The molecule has 1 fully saturated rings. The summed E-state index contributed by atoms with van der Waals surface area (Å²) in [5, 5.41) is 10.7. The van der Waals surface area contributed by atoms with E-state index >= 15 is 0 Å². The lowest BCUT2D eigenvalue weighted by molar-refractivity contribution is -0.153. The number of esters is 1. The Labute approximate surface area is 220 Å². The fraction of sp³-hybridized carbons (Fsp3) is 0.625. The number of rotatable bonds is 2. The van der Waals surface area contributed by atoms with Crippen molar-refractivity contribution in [3.8, 4) is 0 Å². The van der Waals surface area contributed by atoms with Gasteiger partial charge in [-0.15, -0.1) is 0 Å². The van der Waals surface area contributed by atoms with Crippen molar-refractivity contribution in [2.24, 2.45) is 11.8 Å². The van der Waals surface area contributed by atoms with Crippen LogP contribution in [0.5, 0.6) is 0 Å². The highest BCUT2D eigenvalue weighted by molar-refractivity contribution is 8.66. The molecule has 0 aromatic heterocycles. The predicted molar refractivity (Wildman–Crippen MR) is 142 cm³/mol. The lowest BCUT2D eigenvalue weighted by atomic mass is 10.0. The van der Waals surface area contributed by atoms with Gasteiger partial charge in [0.05, 0.1) is 17.2 Å². The molecule has 2 heterocycles. The molecule has 0 aromatic carbocycles. The normalized spacial score (nSPS) is 29.6. The number of carbonyl (C=O) groups excluding carboxylic acids is 5. The molecule has 2 aliphatic heterocycles. The lowest BCUT2D eigenvalue weighted by Crippen LogP contribution is -2.57. The molecule has 0 saturated carbocycles. The SMILES string of the molecule is C/C=C1\NC(=O)[C@H]2C[SH+]SCC/C=C/[C@H](CC(=O)N[C@H](C(C)C)C(=O)N2)OC(=O)[C@H](C(C)C)NC1=O. The van der Waals surface area contributed by atoms with Crippen molar-refractivity contribution in [3.05, 3.63) is 23.9 Å². The van der Waals surface area contributed by atoms with Gasteiger partial charge >= 0.3 is 5.97 Å². The Kier molecular flexibility index (Phi) is 11.8. The average molecular weight is 542 g/mol. The van der Waals surface area contributed by atoms with Gasteiger partial charge in [-0.25, -0.2) is 4.79 Å². The summed E-state index contributed by atoms with van der Waals surface area (Å²) in [5.74, 6) is -2.42. The molecule has 2 aliphatic rings. The van der Waals surface area contributed by atoms with Gasteiger partial charge in [-0.1, -0.05) is 39.8 Å². The molecule has 0 radical (unpaired) electrons. The molecular weight excluding hydrogens is 504 g/mol. The maximum absolute atomic E-state index is 13.2. The molecule has 12 heteroatoms. The number of thiol groups is 1. The zero-order valence-electron chi connectivity index (χ0n) is 21.3. The molecule has 4 atom stereocenters. The van der Waals surface area contributed by atoms with Gasteiger partial charge in [0.25, 0.3) is 11.8 Å². The summed E-state index contributed by atoms with van der Waals surface area (Å²) in [6, 6.07) is -2.83. The molecule has 2 bridgehead atoms. The molecule has 0 aliphatic carbocycles. The van der Waals surface area contributed by atoms with Crippen LogP contribution in [0.3, 0.4) is 0 Å². The summed E-state index contributed by atoms with van der Waals surface area (Å²) < 4.78 is 5.65. The maximum Gasteiger partial charge on any atom is 0.329 e. The quantitative estimate of drug-likeness (QED) is 0.0996. The van der Waals surface area contributed by atoms with E-state index in [2.05, 4.69) is 21.3 Å². The zero-order valence-corrected chi connectivity index (χ0v) is 23.0. The third-order valence-electron chi connectivity index (χ3n) is 5.63. The molecule has 0 aromatic rings. The third-order valence-corrected chi connectivity index (χ3v) is 8.28. The molecule has 4 N–H and O–H groups in total. The highest BCUT2D eigenvalue weighted by Gasteiger charge is 2.34. The number of carbonyl (C=O) groups is 5. The number of allylic oxidation sites excluding steroid dienone is 2. The summed E-state index contributed by atoms with van der Waals surface area (Å²) in [6.45, 7) is 8.67. The van der Waals surface area contributed by atoms with E-state index in [0.717, 1.165) is 16.5 Å². The third kappa shape index (κ3) is 8.88. The van der Waals surface area contributed by atoms with Crippen molar-refractivity contribution in [1.29, 1.82) is 0 Å². The fourth-order valence-corrected chi connectivity index (χ4v) is 5.88. The molecule has 0 unspecified atom stereocenters. The van der Waals surface area contributed by atoms with Crippen LogP contribution in [0.2, 0.25) is 0 Å². The second-order valence-electron chi connectivity index (χ2n) is 9.28. The summed E-state index contributed by atoms with van der Waals surface area (Å²) in [5.41, 5.74) is -0.0383. The standard InChI is InChI=1S/C24H36N4O6S2/c1-6-16-21(30)28-20(14(4)5)24(33)34-15-9-7-8-10-35-36-12-17(22(31)25-16)26-23(32)19(13(2)3)27-18(29)11-15/h6-7,9,13-15,17,19-20H,8,10-12H2,1-5H3,(H,25,31)(H,26,32)(H,27,29)(H,28,30)/p+1/b9-7+,16-6-/t15-,17-,19-,20+/m1/s1. The first-order valence-corrected chi connectivity index (χ1v) is 14.7. The summed E-state index contributed by atoms with van der Waals surface area (Å²) in [7, 11) is 2.45. The minimum Gasteiger partial charge on any atom is -0.456 e. The highest BCUT2D eigenvalue weighted by atomic mass is 33.1. The van der Waals surface area contributed by atoms with E-state index in [-0.39, 0.29) is 24.0 Å². The van der Waals surface area contributed by atoms with Crippen LogP contribution in [0.15, 0.2) is 23.9 Å². The summed E-state index contributed by atoms with van der Waals surface area (Å²) in [4.78, 5) is 65.2. The lowest BCUT2D eigenvalue weighted by Gasteiger charge is -2.27. The van der Waals surface area contributed by atoms with Crippen LogP contribution in [0, 0.1) is 11.8 Å². The first-order chi connectivity index (χ1) is 17.0. The topological polar surface area (TPSA) is 143 Å². The van der Waals surface area contributed by atoms with Gasteiger partial charge in [0.1, 0.15) is 29.6 Å². The Morgan fingerprint density at radius 1 is 1.00 bits per heavy atom. The van der Waals surface area contributed by atoms with Crippen molar-refractivity contribution in [2.45, 2.75) is 71.7 Å². The van der Waals surface area contributed by atoms with Crippen LogP contribution in [-0.2, 0) is 39.5 Å². The van der Waals surface area contributed by atoms with Crippen LogP contribution in [-0.4, -0.2) is 65.3 Å². The predicted octanol–water partition coefficient (Wildman–Crippen LogP) is 0.511. The van der Waals surface area contributed by atoms with Gasteiger partial charge < -0.3 is 26.0 Å². The minimum absolute atomic E-state index is 0.0383. The molecule has 2 rings (SSSR count). The fourth-order valence-electron chi connectivity index (χ4n) is 3.53. The molecule has 36 heavy (non-hydrogen) atoms. The first-order valence-electron chi connectivity index (χ1n) is 12.1. The number of ether oxygens (including phenoxy) is 1. The molecule has 0 spiro atoms. The molecule has 200 valence electrons. The van der Waals surface area contributed by atoms with Crippen molar-refractivity contribution in [1.82, 2.24) is 21.3 Å². The zero-order chi connectivity index (χ0) is 26.8. The monoisotopic (exact) mass is 541 g/mol. The van der Waals surface area contributed by atoms with Crippen LogP contribution in [0.1, 0.15) is 47.5 Å².